The van der Waals surface area contributed by atoms with E-state index in [2.05, 4.69) is 10.6 Å². The summed E-state index contributed by atoms with van der Waals surface area (Å²) in [5.41, 5.74) is 2.77. The number of hydrogen-bond acceptors (Lipinski definition) is 4. The van der Waals surface area contributed by atoms with Crippen molar-refractivity contribution in [1.29, 1.82) is 0 Å². The number of carbonyl (C=O) groups is 3. The van der Waals surface area contributed by atoms with Gasteiger partial charge in [-0.2, -0.15) is 0 Å². The molecule has 2 N–H and O–H groups in total. The van der Waals surface area contributed by atoms with E-state index in [9.17, 15) is 14.4 Å². The predicted molar refractivity (Wildman–Crippen MR) is 112 cm³/mol. The molecule has 0 saturated heterocycles. The summed E-state index contributed by atoms with van der Waals surface area (Å²) in [4.78, 5) is 36.6. The van der Waals surface area contributed by atoms with Crippen molar-refractivity contribution in [2.45, 2.75) is 39.2 Å². The molecule has 0 spiro atoms. The lowest BCUT2D eigenvalue weighted by Gasteiger charge is -2.18. The van der Waals surface area contributed by atoms with E-state index in [4.69, 9.17) is 4.74 Å². The monoisotopic (exact) mass is 396 g/mol. The molecule has 6 heteroatoms. The van der Waals surface area contributed by atoms with Gasteiger partial charge in [0.05, 0.1) is 7.11 Å². The Balaban J connectivity index is 1.85. The van der Waals surface area contributed by atoms with E-state index in [1.807, 2.05) is 68.4 Å². The van der Waals surface area contributed by atoms with Gasteiger partial charge in [-0.1, -0.05) is 55.0 Å². The van der Waals surface area contributed by atoms with E-state index >= 15 is 0 Å². The van der Waals surface area contributed by atoms with Gasteiger partial charge in [-0.15, -0.1) is 0 Å². The molecule has 2 aromatic carbocycles. The molecule has 154 valence electrons. The number of methoxy groups -OCH3 is 1. The number of rotatable bonds is 9. The van der Waals surface area contributed by atoms with Gasteiger partial charge in [0.1, 0.15) is 6.04 Å². The maximum atomic E-state index is 12.4. The summed E-state index contributed by atoms with van der Waals surface area (Å²) < 4.78 is 4.81. The molecular weight excluding hydrogens is 368 g/mol. The first-order chi connectivity index (χ1) is 13.9. The lowest BCUT2D eigenvalue weighted by molar-refractivity contribution is -0.145. The molecule has 2 atom stereocenters. The number of amides is 2. The highest BCUT2D eigenvalue weighted by Crippen LogP contribution is 2.13. The molecule has 0 fully saturated rings. The summed E-state index contributed by atoms with van der Waals surface area (Å²) in [5.74, 6) is -1.10. The topological polar surface area (TPSA) is 84.5 Å². The summed E-state index contributed by atoms with van der Waals surface area (Å²) in [7, 11) is 1.30. The van der Waals surface area contributed by atoms with Gasteiger partial charge in [0, 0.05) is 24.9 Å². The molecule has 0 aliphatic rings. The highest BCUT2D eigenvalue weighted by molar-refractivity contribution is 5.91. The van der Waals surface area contributed by atoms with E-state index < -0.39 is 12.0 Å². The molecule has 2 amide bonds. The number of esters is 1. The van der Waals surface area contributed by atoms with Gasteiger partial charge in [-0.25, -0.2) is 4.79 Å². The fraction of sp³-hybridized carbons (Fsp3) is 0.348. The quantitative estimate of drug-likeness (QED) is 0.637. The van der Waals surface area contributed by atoms with Gasteiger partial charge in [0.25, 0.3) is 0 Å². The fourth-order valence-electron chi connectivity index (χ4n) is 2.99. The first-order valence-corrected chi connectivity index (χ1v) is 9.65. The molecule has 0 bridgehead atoms. The number of anilines is 1. The van der Waals surface area contributed by atoms with Gasteiger partial charge in [0.15, 0.2) is 0 Å². The predicted octanol–water partition coefficient (Wildman–Crippen LogP) is 3.25. The minimum Gasteiger partial charge on any atom is -0.467 e. The number of hydrogen-bond donors (Lipinski definition) is 2. The van der Waals surface area contributed by atoms with Crippen molar-refractivity contribution < 1.29 is 19.1 Å². The van der Waals surface area contributed by atoms with Crippen molar-refractivity contribution in [3.63, 3.8) is 0 Å². The standard InChI is InChI=1S/C23H28N2O4/c1-16-9-11-19(12-10-16)24-21(26)13-17(2)14-22(27)25-20(23(28)29-3)15-18-7-5-4-6-8-18/h4-12,17,20H,13-15H2,1-3H3,(H,24,26)(H,25,27)/t17-,20+/m1/s1. The number of aryl methyl sites for hydroxylation is 1. The summed E-state index contributed by atoms with van der Waals surface area (Å²) in [6, 6.07) is 16.2. The van der Waals surface area contributed by atoms with Crippen LogP contribution in [0, 0.1) is 12.8 Å². The Hall–Kier alpha value is -3.15. The summed E-state index contributed by atoms with van der Waals surface area (Å²) in [5, 5.41) is 5.56. The van der Waals surface area contributed by atoms with Gasteiger partial charge < -0.3 is 15.4 Å². The van der Waals surface area contributed by atoms with Crippen molar-refractivity contribution in [1.82, 2.24) is 5.32 Å². The molecule has 29 heavy (non-hydrogen) atoms. The molecule has 0 unspecified atom stereocenters. The van der Waals surface area contributed by atoms with Gasteiger partial charge in [0.2, 0.25) is 11.8 Å². The molecule has 2 rings (SSSR count). The molecule has 0 aliphatic heterocycles. The van der Waals surface area contributed by atoms with E-state index in [0.717, 1.165) is 16.8 Å². The summed E-state index contributed by atoms with van der Waals surface area (Å²) in [6.45, 7) is 3.81. The van der Waals surface area contributed by atoms with Crippen LogP contribution in [-0.4, -0.2) is 30.9 Å². The minimum atomic E-state index is -0.761. The zero-order chi connectivity index (χ0) is 21.2. The van der Waals surface area contributed by atoms with Gasteiger partial charge in [-0.05, 0) is 30.5 Å². The summed E-state index contributed by atoms with van der Waals surface area (Å²) in [6.07, 6.45) is 0.702. The Morgan fingerprint density at radius 2 is 1.55 bits per heavy atom. The fourth-order valence-corrected chi connectivity index (χ4v) is 2.99. The third kappa shape index (κ3) is 7.78. The molecular formula is C23H28N2O4. The average Bonchev–Trinajstić information content (AvgIpc) is 2.69. The second-order valence-corrected chi connectivity index (χ2v) is 7.26. The second kappa shape index (κ2) is 11.0. The van der Waals surface area contributed by atoms with Crippen LogP contribution in [0.1, 0.15) is 30.9 Å². The van der Waals surface area contributed by atoms with Crippen molar-refractivity contribution >= 4 is 23.5 Å². The Kier molecular flexibility index (Phi) is 8.40. The van der Waals surface area contributed by atoms with E-state index in [1.54, 1.807) is 0 Å². The largest absolute Gasteiger partial charge is 0.467 e. The molecule has 0 aromatic heterocycles. The Bertz CT molecular complexity index is 819. The molecule has 0 aliphatic carbocycles. The van der Waals surface area contributed by atoms with Crippen LogP contribution in [0.3, 0.4) is 0 Å². The van der Waals surface area contributed by atoms with Crippen LogP contribution in [0.5, 0.6) is 0 Å². The number of nitrogens with one attached hydrogen (secondary N) is 2. The minimum absolute atomic E-state index is 0.142. The zero-order valence-electron chi connectivity index (χ0n) is 17.1. The van der Waals surface area contributed by atoms with Crippen LogP contribution in [0.15, 0.2) is 54.6 Å². The summed E-state index contributed by atoms with van der Waals surface area (Å²) >= 11 is 0. The van der Waals surface area contributed by atoms with E-state index in [-0.39, 0.29) is 30.6 Å². The van der Waals surface area contributed by atoms with Crippen molar-refractivity contribution in [2.75, 3.05) is 12.4 Å². The Labute approximate surface area is 171 Å². The Morgan fingerprint density at radius 3 is 2.17 bits per heavy atom. The highest BCUT2D eigenvalue weighted by Gasteiger charge is 2.23. The maximum Gasteiger partial charge on any atom is 0.328 e. The molecule has 6 nitrogen and oxygen atoms in total. The molecule has 0 heterocycles. The van der Waals surface area contributed by atoms with Gasteiger partial charge >= 0.3 is 5.97 Å². The first-order valence-electron chi connectivity index (χ1n) is 9.65. The Morgan fingerprint density at radius 1 is 0.931 bits per heavy atom. The number of carbonyl (C=O) groups excluding carboxylic acids is 3. The number of benzene rings is 2. The van der Waals surface area contributed by atoms with Crippen LogP contribution in [0.25, 0.3) is 0 Å². The van der Waals surface area contributed by atoms with Crippen LogP contribution < -0.4 is 10.6 Å². The molecule has 0 radical (unpaired) electrons. The lowest BCUT2D eigenvalue weighted by Crippen LogP contribution is -2.43. The van der Waals surface area contributed by atoms with Crippen LogP contribution in [-0.2, 0) is 25.5 Å². The van der Waals surface area contributed by atoms with Crippen LogP contribution >= 0.6 is 0 Å². The highest BCUT2D eigenvalue weighted by atomic mass is 16.5. The van der Waals surface area contributed by atoms with Crippen LogP contribution in [0.4, 0.5) is 5.69 Å². The molecule has 0 saturated carbocycles. The SMILES string of the molecule is COC(=O)[C@H](Cc1ccccc1)NC(=O)C[C@H](C)CC(=O)Nc1ccc(C)cc1. The second-order valence-electron chi connectivity index (χ2n) is 7.26. The van der Waals surface area contributed by atoms with Crippen molar-refractivity contribution in [3.05, 3.63) is 65.7 Å². The number of ether oxygens (including phenoxy) is 1. The third-order valence-electron chi connectivity index (χ3n) is 4.51. The lowest BCUT2D eigenvalue weighted by atomic mass is 10.0. The smallest absolute Gasteiger partial charge is 0.328 e. The zero-order valence-corrected chi connectivity index (χ0v) is 17.1. The average molecular weight is 396 g/mol. The first kappa shape index (κ1) is 22.1. The van der Waals surface area contributed by atoms with Crippen molar-refractivity contribution in [2.24, 2.45) is 5.92 Å². The maximum absolute atomic E-state index is 12.4. The van der Waals surface area contributed by atoms with E-state index in [1.165, 1.54) is 7.11 Å². The van der Waals surface area contributed by atoms with E-state index in [0.29, 0.717) is 6.42 Å². The van der Waals surface area contributed by atoms with Gasteiger partial charge in [-0.3, -0.25) is 9.59 Å². The van der Waals surface area contributed by atoms with Crippen LogP contribution in [0.2, 0.25) is 0 Å². The third-order valence-corrected chi connectivity index (χ3v) is 4.51. The normalized spacial score (nSPS) is 12.5. The molecule has 2 aromatic rings. The van der Waals surface area contributed by atoms with Crippen molar-refractivity contribution in [3.8, 4) is 0 Å².